The molecule has 1 heterocycles. The van der Waals surface area contributed by atoms with Crippen LogP contribution in [0.25, 0.3) is 0 Å². The number of benzene rings is 2. The highest BCUT2D eigenvalue weighted by Crippen LogP contribution is 2.46. The number of hydrogen-bond acceptors (Lipinski definition) is 7. The van der Waals surface area contributed by atoms with Crippen molar-refractivity contribution >= 4 is 45.1 Å². The first-order valence-electron chi connectivity index (χ1n) is 10.0. The molecule has 0 saturated carbocycles. The summed E-state index contributed by atoms with van der Waals surface area (Å²) < 4.78 is 37.7. The van der Waals surface area contributed by atoms with Crippen molar-refractivity contribution in [3.63, 3.8) is 0 Å². The molecular weight excluding hydrogens is 468 g/mol. The fourth-order valence-electron chi connectivity index (χ4n) is 3.15. The fraction of sp³-hybridized carbons (Fsp3) is 0.409. The Morgan fingerprint density at radius 1 is 1.12 bits per heavy atom. The normalized spacial score (nSPS) is 14.6. The van der Waals surface area contributed by atoms with Crippen molar-refractivity contribution < 1.29 is 22.7 Å². The Labute approximate surface area is 198 Å². The van der Waals surface area contributed by atoms with Crippen LogP contribution in [0.1, 0.15) is 21.3 Å². The summed E-state index contributed by atoms with van der Waals surface area (Å²) >= 11 is 3.81. The average Bonchev–Trinajstić information content (AvgIpc) is 3.30. The molecule has 3 rings (SSSR count). The van der Waals surface area contributed by atoms with E-state index in [4.69, 9.17) is 9.47 Å². The van der Waals surface area contributed by atoms with E-state index in [-0.39, 0.29) is 17.4 Å². The molecule has 1 amide bonds. The monoisotopic (exact) mass is 496 g/mol. The van der Waals surface area contributed by atoms with E-state index < -0.39 is 10.0 Å². The zero-order valence-electron chi connectivity index (χ0n) is 18.8. The summed E-state index contributed by atoms with van der Waals surface area (Å²) in [7, 11) is 0.897. The second-order valence-electron chi connectivity index (χ2n) is 7.52. The molecule has 2 aromatic carbocycles. The Morgan fingerprint density at radius 2 is 1.81 bits per heavy atom. The number of nitrogens with zero attached hydrogens (tertiary/aromatic N) is 1. The summed E-state index contributed by atoms with van der Waals surface area (Å²) in [6.07, 6.45) is 0. The van der Waals surface area contributed by atoms with E-state index in [2.05, 4.69) is 5.32 Å². The minimum Gasteiger partial charge on any atom is -0.493 e. The molecule has 0 unspecified atom stereocenters. The summed E-state index contributed by atoms with van der Waals surface area (Å²) in [4.78, 5) is 12.7. The van der Waals surface area contributed by atoms with Crippen molar-refractivity contribution in [3.8, 4) is 11.5 Å². The van der Waals surface area contributed by atoms with Crippen LogP contribution in [0.15, 0.2) is 35.2 Å². The van der Waals surface area contributed by atoms with Crippen LogP contribution in [0.2, 0.25) is 0 Å². The molecule has 0 aliphatic carbocycles. The van der Waals surface area contributed by atoms with Crippen LogP contribution in [0.4, 0.5) is 5.69 Å². The number of carbonyl (C=O) groups excluding carboxylic acids is 1. The lowest BCUT2D eigenvalue weighted by Gasteiger charge is -2.17. The maximum absolute atomic E-state index is 12.6. The second-order valence-corrected chi connectivity index (χ2v) is 12.4. The van der Waals surface area contributed by atoms with Crippen LogP contribution in [-0.4, -0.2) is 57.9 Å². The van der Waals surface area contributed by atoms with Crippen LogP contribution in [0.3, 0.4) is 0 Å². The average molecular weight is 497 g/mol. The fourth-order valence-corrected chi connectivity index (χ4v) is 7.00. The topological polar surface area (TPSA) is 84.9 Å². The molecule has 174 valence electrons. The Bertz CT molecular complexity index is 1100. The van der Waals surface area contributed by atoms with E-state index in [1.807, 2.05) is 55.6 Å². The number of sulfonamides is 1. The third-order valence-electron chi connectivity index (χ3n) is 5.13. The number of ether oxygens (including phenoxy) is 2. The number of methoxy groups -OCH3 is 1. The molecule has 0 atom stereocenters. The van der Waals surface area contributed by atoms with Gasteiger partial charge in [0.15, 0.2) is 18.1 Å². The lowest BCUT2D eigenvalue weighted by Crippen LogP contribution is -2.24. The smallest absolute Gasteiger partial charge is 0.262 e. The molecule has 10 heteroatoms. The molecule has 1 aliphatic heterocycles. The maximum atomic E-state index is 12.6. The SMILES string of the molecule is COc1cc(C2SCCS2)ccc1OCC(=O)Nc1cc(S(=O)(=O)N(C)C)cc(C)c1C. The van der Waals surface area contributed by atoms with Gasteiger partial charge in [0.2, 0.25) is 10.0 Å². The maximum Gasteiger partial charge on any atom is 0.262 e. The number of aryl methyl sites for hydroxylation is 1. The molecule has 0 aromatic heterocycles. The summed E-state index contributed by atoms with van der Waals surface area (Å²) in [5.41, 5.74) is 3.17. The van der Waals surface area contributed by atoms with Gasteiger partial charge in [-0.15, -0.1) is 23.5 Å². The molecule has 0 radical (unpaired) electrons. The van der Waals surface area contributed by atoms with Crippen molar-refractivity contribution in [1.29, 1.82) is 0 Å². The van der Waals surface area contributed by atoms with Crippen LogP contribution < -0.4 is 14.8 Å². The zero-order chi connectivity index (χ0) is 23.5. The summed E-state index contributed by atoms with van der Waals surface area (Å²) in [5, 5.41) is 2.77. The van der Waals surface area contributed by atoms with Gasteiger partial charge in [-0.2, -0.15) is 0 Å². The molecule has 7 nitrogen and oxygen atoms in total. The molecule has 0 spiro atoms. The quantitative estimate of drug-likeness (QED) is 0.590. The zero-order valence-corrected chi connectivity index (χ0v) is 21.2. The molecule has 32 heavy (non-hydrogen) atoms. The number of nitrogens with one attached hydrogen (secondary N) is 1. The van der Waals surface area contributed by atoms with Crippen molar-refractivity contribution in [1.82, 2.24) is 4.31 Å². The summed E-state index contributed by atoms with van der Waals surface area (Å²) in [6.45, 7) is 3.41. The molecule has 1 N–H and O–H groups in total. The third-order valence-corrected chi connectivity index (χ3v) is 10.0. The van der Waals surface area contributed by atoms with Crippen LogP contribution in [0.5, 0.6) is 11.5 Å². The van der Waals surface area contributed by atoms with E-state index in [1.54, 1.807) is 13.2 Å². The van der Waals surface area contributed by atoms with Crippen LogP contribution >= 0.6 is 23.5 Å². The van der Waals surface area contributed by atoms with Gasteiger partial charge in [0.05, 0.1) is 16.6 Å². The third kappa shape index (κ3) is 5.54. The first kappa shape index (κ1) is 24.8. The Hall–Kier alpha value is -1.88. The van der Waals surface area contributed by atoms with Gasteiger partial charge in [0, 0.05) is 31.3 Å². The minimum atomic E-state index is -3.62. The number of thioether (sulfide) groups is 2. The van der Waals surface area contributed by atoms with Crippen LogP contribution in [-0.2, 0) is 14.8 Å². The van der Waals surface area contributed by atoms with Gasteiger partial charge in [-0.25, -0.2) is 12.7 Å². The van der Waals surface area contributed by atoms with Crippen molar-refractivity contribution in [2.75, 3.05) is 44.6 Å². The standard InChI is InChI=1S/C22H28N2O5S3/c1-14-10-17(32(26,27)24(3)4)12-18(15(14)2)23-21(25)13-29-19-7-6-16(11-20(19)28-5)22-30-8-9-31-22/h6-7,10-12,22H,8-9,13H2,1-5H3,(H,23,25). The number of carbonyl (C=O) groups is 1. The van der Waals surface area contributed by atoms with E-state index in [9.17, 15) is 13.2 Å². The summed E-state index contributed by atoms with van der Waals surface area (Å²) in [5.74, 6) is 2.93. The number of hydrogen-bond donors (Lipinski definition) is 1. The van der Waals surface area contributed by atoms with E-state index in [0.29, 0.717) is 21.8 Å². The highest BCUT2D eigenvalue weighted by molar-refractivity contribution is 8.19. The van der Waals surface area contributed by atoms with E-state index in [0.717, 1.165) is 32.5 Å². The molecule has 1 aliphatic rings. The van der Waals surface area contributed by atoms with Gasteiger partial charge in [-0.1, -0.05) is 6.07 Å². The first-order chi connectivity index (χ1) is 15.1. The first-order valence-corrected chi connectivity index (χ1v) is 13.5. The van der Waals surface area contributed by atoms with Gasteiger partial charge < -0.3 is 14.8 Å². The van der Waals surface area contributed by atoms with Gasteiger partial charge >= 0.3 is 0 Å². The number of amides is 1. The van der Waals surface area contributed by atoms with Crippen molar-refractivity contribution in [2.45, 2.75) is 23.3 Å². The van der Waals surface area contributed by atoms with E-state index >= 15 is 0 Å². The number of rotatable bonds is 8. The van der Waals surface area contributed by atoms with Gasteiger partial charge in [-0.05, 0) is 54.8 Å². The highest BCUT2D eigenvalue weighted by Gasteiger charge is 2.22. The van der Waals surface area contributed by atoms with Gasteiger partial charge in [0.25, 0.3) is 5.91 Å². The lowest BCUT2D eigenvalue weighted by atomic mass is 10.1. The Kier molecular flexibility index (Phi) is 8.02. The molecule has 1 fully saturated rings. The summed E-state index contributed by atoms with van der Waals surface area (Å²) in [6, 6.07) is 8.84. The second kappa shape index (κ2) is 10.4. The molecule has 2 aromatic rings. The predicted octanol–water partition coefficient (Wildman–Crippen LogP) is 4.06. The van der Waals surface area contributed by atoms with Gasteiger partial charge in [0.1, 0.15) is 0 Å². The van der Waals surface area contributed by atoms with Gasteiger partial charge in [-0.3, -0.25) is 4.79 Å². The molecule has 1 saturated heterocycles. The Balaban J connectivity index is 1.72. The highest BCUT2D eigenvalue weighted by atomic mass is 32.2. The largest absolute Gasteiger partial charge is 0.493 e. The predicted molar refractivity (Wildman–Crippen MR) is 132 cm³/mol. The van der Waals surface area contributed by atoms with Crippen LogP contribution in [0, 0.1) is 13.8 Å². The van der Waals surface area contributed by atoms with Crippen molar-refractivity contribution in [2.24, 2.45) is 0 Å². The molecule has 0 bridgehead atoms. The van der Waals surface area contributed by atoms with Crippen molar-refractivity contribution in [3.05, 3.63) is 47.0 Å². The molecular formula is C22H28N2O5S3. The number of anilines is 1. The minimum absolute atomic E-state index is 0.127. The lowest BCUT2D eigenvalue weighted by molar-refractivity contribution is -0.118. The Morgan fingerprint density at radius 3 is 2.44 bits per heavy atom. The van der Waals surface area contributed by atoms with E-state index in [1.165, 1.54) is 20.2 Å².